The first-order valence-corrected chi connectivity index (χ1v) is 5.85. The topological polar surface area (TPSA) is 178 Å². The lowest BCUT2D eigenvalue weighted by atomic mass is 10.2. The third kappa shape index (κ3) is 3.97. The van der Waals surface area contributed by atoms with Crippen LogP contribution in [0, 0.1) is 0 Å². The van der Waals surface area contributed by atoms with E-state index in [9.17, 15) is 9.59 Å². The Balaban J connectivity index is 0.000000224. The summed E-state index contributed by atoms with van der Waals surface area (Å²) in [5.74, 6) is -3.08. The maximum Gasteiger partial charge on any atom is 0.377 e. The standard InChI is InChI=1S/C6H8O6.C6H6O4/c7-1-2(8)5-3(9)4(10)6(11)12-5;7-2-4-1-5(8)6(9)3-10-4/h2,5,7-10H,1H2;1,3,7,9H,2H2/t2-,5+;/m0./s1. The van der Waals surface area contributed by atoms with Gasteiger partial charge in [0, 0.05) is 6.07 Å². The zero-order valence-electron chi connectivity index (χ0n) is 11.0. The van der Waals surface area contributed by atoms with Gasteiger partial charge in [-0.15, -0.1) is 0 Å². The first-order chi connectivity index (χ1) is 10.3. The summed E-state index contributed by atoms with van der Waals surface area (Å²) in [6.07, 6.45) is -1.88. The van der Waals surface area contributed by atoms with E-state index in [4.69, 9.17) is 30.6 Å². The number of ether oxygens (including phenoxy) is 1. The number of aliphatic hydroxyl groups excluding tert-OH is 5. The SMILES string of the molecule is O=C1O[C@H]([C@@H](O)CO)C(O)=C1O.O=c1cc(CO)occ1O. The molecule has 0 saturated carbocycles. The van der Waals surface area contributed by atoms with Crippen LogP contribution in [0.25, 0.3) is 0 Å². The molecule has 6 N–H and O–H groups in total. The molecule has 0 amide bonds. The van der Waals surface area contributed by atoms with Gasteiger partial charge < -0.3 is 39.8 Å². The molecule has 0 spiro atoms. The van der Waals surface area contributed by atoms with E-state index < -0.39 is 47.5 Å². The summed E-state index contributed by atoms with van der Waals surface area (Å²) >= 11 is 0. The molecule has 0 bridgehead atoms. The van der Waals surface area contributed by atoms with Crippen LogP contribution >= 0.6 is 0 Å². The number of aliphatic hydroxyl groups is 5. The fraction of sp³-hybridized carbons (Fsp3) is 0.333. The van der Waals surface area contributed by atoms with E-state index in [-0.39, 0.29) is 12.4 Å². The Morgan fingerprint density at radius 3 is 2.23 bits per heavy atom. The van der Waals surface area contributed by atoms with Gasteiger partial charge in [0.1, 0.15) is 24.7 Å². The molecule has 0 saturated heterocycles. The molecule has 22 heavy (non-hydrogen) atoms. The predicted molar refractivity (Wildman–Crippen MR) is 67.8 cm³/mol. The lowest BCUT2D eigenvalue weighted by Gasteiger charge is -2.13. The van der Waals surface area contributed by atoms with Crippen LogP contribution in [0.5, 0.6) is 5.75 Å². The minimum atomic E-state index is -1.42. The predicted octanol–water partition coefficient (Wildman–Crippen LogP) is -1.57. The van der Waals surface area contributed by atoms with Crippen molar-refractivity contribution >= 4 is 5.97 Å². The maximum absolute atomic E-state index is 10.6. The van der Waals surface area contributed by atoms with Gasteiger partial charge in [-0.3, -0.25) is 4.79 Å². The fourth-order valence-electron chi connectivity index (χ4n) is 1.35. The van der Waals surface area contributed by atoms with Gasteiger partial charge in [-0.25, -0.2) is 4.79 Å². The van der Waals surface area contributed by atoms with Crippen molar-refractivity contribution < 1.29 is 44.6 Å². The van der Waals surface area contributed by atoms with E-state index in [0.717, 1.165) is 12.3 Å². The Hall–Kier alpha value is -2.56. The van der Waals surface area contributed by atoms with Crippen molar-refractivity contribution in [1.82, 2.24) is 0 Å². The second-order valence-corrected chi connectivity index (χ2v) is 4.06. The van der Waals surface area contributed by atoms with Crippen LogP contribution in [0.15, 0.2) is 33.1 Å². The van der Waals surface area contributed by atoms with Crippen molar-refractivity contribution in [2.45, 2.75) is 18.8 Å². The van der Waals surface area contributed by atoms with Crippen molar-refractivity contribution in [2.24, 2.45) is 0 Å². The highest BCUT2D eigenvalue weighted by Crippen LogP contribution is 2.20. The van der Waals surface area contributed by atoms with Gasteiger partial charge in [-0.05, 0) is 0 Å². The van der Waals surface area contributed by atoms with E-state index in [1.54, 1.807) is 0 Å². The van der Waals surface area contributed by atoms with Crippen LogP contribution in [0.4, 0.5) is 0 Å². The molecule has 2 atom stereocenters. The minimum Gasteiger partial charge on any atom is -0.505 e. The molecule has 1 aromatic heterocycles. The number of rotatable bonds is 3. The summed E-state index contributed by atoms with van der Waals surface area (Å²) in [6.45, 7) is -1.01. The molecule has 2 heterocycles. The Morgan fingerprint density at radius 2 is 1.82 bits per heavy atom. The zero-order chi connectivity index (χ0) is 16.9. The van der Waals surface area contributed by atoms with Crippen LogP contribution in [0.3, 0.4) is 0 Å². The van der Waals surface area contributed by atoms with Gasteiger partial charge >= 0.3 is 5.97 Å². The number of carbonyl (C=O) groups is 1. The second kappa shape index (κ2) is 7.45. The molecular formula is C12H14O10. The van der Waals surface area contributed by atoms with Gasteiger partial charge in [0.25, 0.3) is 0 Å². The number of carbonyl (C=O) groups excluding carboxylic acids is 1. The second-order valence-electron chi connectivity index (χ2n) is 4.06. The van der Waals surface area contributed by atoms with Crippen LogP contribution in [0.1, 0.15) is 5.76 Å². The third-order valence-corrected chi connectivity index (χ3v) is 2.50. The molecule has 2 rings (SSSR count). The molecular weight excluding hydrogens is 304 g/mol. The molecule has 0 aromatic carbocycles. The highest BCUT2D eigenvalue weighted by molar-refractivity contribution is 5.89. The summed E-state index contributed by atoms with van der Waals surface area (Å²) in [6, 6.07) is 1.04. The van der Waals surface area contributed by atoms with E-state index >= 15 is 0 Å². The lowest BCUT2D eigenvalue weighted by Crippen LogP contribution is -2.31. The maximum atomic E-state index is 10.6. The van der Waals surface area contributed by atoms with Crippen molar-refractivity contribution in [1.29, 1.82) is 0 Å². The van der Waals surface area contributed by atoms with E-state index in [2.05, 4.69) is 9.15 Å². The summed E-state index contributed by atoms with van der Waals surface area (Å²) in [5.41, 5.74) is -0.546. The lowest BCUT2D eigenvalue weighted by molar-refractivity contribution is -0.147. The van der Waals surface area contributed by atoms with Crippen LogP contribution in [0.2, 0.25) is 0 Å². The van der Waals surface area contributed by atoms with Crippen molar-refractivity contribution in [3.63, 3.8) is 0 Å². The summed E-state index contributed by atoms with van der Waals surface area (Å²) in [4.78, 5) is 21.1. The van der Waals surface area contributed by atoms with Crippen molar-refractivity contribution in [2.75, 3.05) is 6.61 Å². The highest BCUT2D eigenvalue weighted by atomic mass is 16.6. The van der Waals surface area contributed by atoms with Gasteiger partial charge in [0.2, 0.25) is 11.2 Å². The number of aromatic hydroxyl groups is 1. The monoisotopic (exact) mass is 318 g/mol. The number of cyclic esters (lactones) is 1. The Morgan fingerprint density at radius 1 is 1.18 bits per heavy atom. The first kappa shape index (κ1) is 17.5. The molecule has 1 aromatic rings. The van der Waals surface area contributed by atoms with Gasteiger partial charge in [-0.1, -0.05) is 0 Å². The molecule has 0 fully saturated rings. The number of esters is 1. The molecule has 1 aliphatic heterocycles. The quantitative estimate of drug-likeness (QED) is 0.357. The molecule has 0 unspecified atom stereocenters. The van der Waals surface area contributed by atoms with Crippen LogP contribution < -0.4 is 5.43 Å². The zero-order valence-corrected chi connectivity index (χ0v) is 11.0. The molecule has 10 heteroatoms. The average molecular weight is 318 g/mol. The van der Waals surface area contributed by atoms with Gasteiger partial charge in [-0.2, -0.15) is 0 Å². The molecule has 1 aliphatic rings. The Labute approximate surface area is 122 Å². The first-order valence-electron chi connectivity index (χ1n) is 5.85. The normalized spacial score (nSPS) is 18.5. The van der Waals surface area contributed by atoms with E-state index in [1.165, 1.54) is 0 Å². The summed E-state index contributed by atoms with van der Waals surface area (Å²) < 4.78 is 8.90. The average Bonchev–Trinajstić information content (AvgIpc) is 2.77. The van der Waals surface area contributed by atoms with E-state index in [0.29, 0.717) is 0 Å². The molecule has 10 nitrogen and oxygen atoms in total. The summed E-state index contributed by atoms with van der Waals surface area (Å²) in [7, 11) is 0. The molecule has 0 radical (unpaired) electrons. The molecule has 0 aliphatic carbocycles. The molecule has 122 valence electrons. The summed E-state index contributed by atoms with van der Waals surface area (Å²) in [5, 5.41) is 52.1. The third-order valence-electron chi connectivity index (χ3n) is 2.50. The Bertz CT molecular complexity index is 617. The number of hydrogen-bond acceptors (Lipinski definition) is 10. The van der Waals surface area contributed by atoms with Crippen molar-refractivity contribution in [3.8, 4) is 5.75 Å². The van der Waals surface area contributed by atoms with Gasteiger partial charge in [0.15, 0.2) is 17.6 Å². The van der Waals surface area contributed by atoms with Crippen LogP contribution in [-0.4, -0.2) is 55.4 Å². The highest BCUT2D eigenvalue weighted by Gasteiger charge is 2.38. The minimum absolute atomic E-state index is 0.141. The number of hydrogen-bond donors (Lipinski definition) is 6. The van der Waals surface area contributed by atoms with Crippen LogP contribution in [-0.2, 0) is 16.1 Å². The van der Waals surface area contributed by atoms with Crippen molar-refractivity contribution in [3.05, 3.63) is 39.8 Å². The van der Waals surface area contributed by atoms with Gasteiger partial charge in [0.05, 0.1) is 6.61 Å². The fourth-order valence-corrected chi connectivity index (χ4v) is 1.35. The Kier molecular flexibility index (Phi) is 5.92. The largest absolute Gasteiger partial charge is 0.505 e. The smallest absolute Gasteiger partial charge is 0.377 e. The van der Waals surface area contributed by atoms with E-state index in [1.807, 2.05) is 0 Å².